The molecule has 4 N–H and O–H groups in total. The lowest BCUT2D eigenvalue weighted by atomic mass is 10.0. The number of rotatable bonds is 2. The van der Waals surface area contributed by atoms with E-state index in [9.17, 15) is 0 Å². The topological polar surface area (TPSA) is 50.1 Å². The molecule has 3 nitrogen and oxygen atoms in total. The van der Waals surface area contributed by atoms with Crippen molar-refractivity contribution >= 4 is 23.0 Å². The number of thiocarbonyl (C=S) groups is 1. The second-order valence-electron chi connectivity index (χ2n) is 3.38. The van der Waals surface area contributed by atoms with Crippen molar-refractivity contribution in [3.8, 4) is 0 Å². The van der Waals surface area contributed by atoms with Crippen molar-refractivity contribution in [1.82, 2.24) is 5.43 Å². The maximum atomic E-state index is 5.14. The van der Waals surface area contributed by atoms with Crippen molar-refractivity contribution in [2.75, 3.05) is 5.32 Å². The third-order valence-corrected chi connectivity index (χ3v) is 2.19. The first-order chi connectivity index (χ1) is 6.63. The van der Waals surface area contributed by atoms with Crippen LogP contribution in [0.15, 0.2) is 24.3 Å². The molecule has 0 amide bonds. The van der Waals surface area contributed by atoms with Gasteiger partial charge in [0.2, 0.25) is 0 Å². The Morgan fingerprint density at radius 1 is 1.29 bits per heavy atom. The molecule has 0 saturated carbocycles. The van der Waals surface area contributed by atoms with Gasteiger partial charge in [-0.05, 0) is 35.8 Å². The molecule has 0 atom stereocenters. The van der Waals surface area contributed by atoms with E-state index < -0.39 is 0 Å². The first-order valence-corrected chi connectivity index (χ1v) is 4.92. The summed E-state index contributed by atoms with van der Waals surface area (Å²) in [4.78, 5) is 0. The van der Waals surface area contributed by atoms with Crippen LogP contribution in [-0.2, 0) is 0 Å². The standard InChI is InChI=1S/C10H15N3S/c1-7(2)8-3-5-9(6-4-8)12-10(14)13-11/h3-7H,11H2,1-2H3,(H2,12,13,14). The fraction of sp³-hybridized carbons (Fsp3) is 0.300. The molecule has 14 heavy (non-hydrogen) atoms. The van der Waals surface area contributed by atoms with E-state index >= 15 is 0 Å². The number of nitrogens with one attached hydrogen (secondary N) is 2. The highest BCUT2D eigenvalue weighted by molar-refractivity contribution is 7.80. The minimum Gasteiger partial charge on any atom is -0.332 e. The Morgan fingerprint density at radius 3 is 2.29 bits per heavy atom. The lowest BCUT2D eigenvalue weighted by Crippen LogP contribution is -2.34. The lowest BCUT2D eigenvalue weighted by molar-refractivity contribution is 0.867. The minimum atomic E-state index is 0.419. The Bertz CT molecular complexity index is 306. The van der Waals surface area contributed by atoms with E-state index in [0.29, 0.717) is 11.0 Å². The molecule has 0 radical (unpaired) electrons. The SMILES string of the molecule is CC(C)c1ccc(NC(=S)NN)cc1. The third kappa shape index (κ3) is 2.97. The van der Waals surface area contributed by atoms with Crippen LogP contribution in [0.1, 0.15) is 25.3 Å². The van der Waals surface area contributed by atoms with Gasteiger partial charge in [-0.25, -0.2) is 5.84 Å². The van der Waals surface area contributed by atoms with Crippen LogP contribution >= 0.6 is 12.2 Å². The van der Waals surface area contributed by atoms with Crippen molar-refractivity contribution in [1.29, 1.82) is 0 Å². The van der Waals surface area contributed by atoms with Gasteiger partial charge in [0.05, 0.1) is 0 Å². The Hall–Kier alpha value is -1.13. The van der Waals surface area contributed by atoms with Gasteiger partial charge >= 0.3 is 0 Å². The van der Waals surface area contributed by atoms with Crippen LogP contribution in [0.5, 0.6) is 0 Å². The van der Waals surface area contributed by atoms with Gasteiger partial charge in [0.25, 0.3) is 0 Å². The van der Waals surface area contributed by atoms with E-state index in [2.05, 4.69) is 36.7 Å². The number of nitrogens with two attached hydrogens (primary N) is 1. The Kier molecular flexibility index (Phi) is 3.85. The summed E-state index contributed by atoms with van der Waals surface area (Å²) in [5.74, 6) is 5.69. The van der Waals surface area contributed by atoms with E-state index in [0.717, 1.165) is 5.69 Å². The van der Waals surface area contributed by atoms with Crippen LogP contribution in [-0.4, -0.2) is 5.11 Å². The molecule has 1 rings (SSSR count). The summed E-state index contributed by atoms with van der Waals surface area (Å²) in [6.07, 6.45) is 0. The van der Waals surface area contributed by atoms with Crippen molar-refractivity contribution in [2.24, 2.45) is 5.84 Å². The second-order valence-corrected chi connectivity index (χ2v) is 3.78. The molecule has 0 saturated heterocycles. The van der Waals surface area contributed by atoms with E-state index in [1.54, 1.807) is 0 Å². The first-order valence-electron chi connectivity index (χ1n) is 4.51. The molecule has 0 aliphatic carbocycles. The molecule has 76 valence electrons. The zero-order valence-corrected chi connectivity index (χ0v) is 9.19. The molecule has 0 aliphatic heterocycles. The quantitative estimate of drug-likeness (QED) is 0.396. The summed E-state index contributed by atoms with van der Waals surface area (Å²) in [6, 6.07) is 8.12. The largest absolute Gasteiger partial charge is 0.332 e. The zero-order chi connectivity index (χ0) is 10.6. The van der Waals surface area contributed by atoms with E-state index in [1.165, 1.54) is 5.56 Å². The monoisotopic (exact) mass is 209 g/mol. The molecule has 1 aromatic rings. The van der Waals surface area contributed by atoms with Crippen molar-refractivity contribution in [2.45, 2.75) is 19.8 Å². The molecule has 0 unspecified atom stereocenters. The molecule has 1 aromatic carbocycles. The van der Waals surface area contributed by atoms with Gasteiger partial charge in [-0.15, -0.1) is 0 Å². The van der Waals surface area contributed by atoms with Crippen molar-refractivity contribution in [3.05, 3.63) is 29.8 Å². The van der Waals surface area contributed by atoms with Crippen molar-refractivity contribution < 1.29 is 0 Å². The first kappa shape index (κ1) is 10.9. The van der Waals surface area contributed by atoms with Gasteiger partial charge in [0.15, 0.2) is 5.11 Å². The molecular weight excluding hydrogens is 194 g/mol. The summed E-state index contributed by atoms with van der Waals surface area (Å²) < 4.78 is 0. The number of anilines is 1. The summed E-state index contributed by atoms with van der Waals surface area (Å²) in [5.41, 5.74) is 4.62. The van der Waals surface area contributed by atoms with E-state index in [4.69, 9.17) is 18.1 Å². The highest BCUT2D eigenvalue weighted by atomic mass is 32.1. The number of hydrazine groups is 1. The predicted octanol–water partition coefficient (Wildman–Crippen LogP) is 1.97. The number of hydrogen-bond donors (Lipinski definition) is 3. The van der Waals surface area contributed by atoms with Crippen LogP contribution in [0.3, 0.4) is 0 Å². The fourth-order valence-electron chi connectivity index (χ4n) is 1.12. The van der Waals surface area contributed by atoms with Crippen LogP contribution in [0.4, 0.5) is 5.69 Å². The summed E-state index contributed by atoms with van der Waals surface area (Å²) >= 11 is 4.87. The number of benzene rings is 1. The molecule has 0 aliphatic rings. The minimum absolute atomic E-state index is 0.419. The Labute approximate surface area is 89.7 Å². The van der Waals surface area contributed by atoms with Gasteiger partial charge in [0, 0.05) is 5.69 Å². The fourth-order valence-corrected chi connectivity index (χ4v) is 1.24. The van der Waals surface area contributed by atoms with Crippen LogP contribution in [0.2, 0.25) is 0 Å². The molecular formula is C10H15N3S. The molecule has 0 heterocycles. The van der Waals surface area contributed by atoms with E-state index in [-0.39, 0.29) is 0 Å². The molecule has 0 bridgehead atoms. The summed E-state index contributed by atoms with van der Waals surface area (Å²) in [6.45, 7) is 4.32. The van der Waals surface area contributed by atoms with Gasteiger partial charge in [-0.2, -0.15) is 0 Å². The van der Waals surface area contributed by atoms with Crippen LogP contribution in [0.25, 0.3) is 0 Å². The smallest absolute Gasteiger partial charge is 0.185 e. The van der Waals surface area contributed by atoms with Crippen LogP contribution in [0, 0.1) is 0 Å². The zero-order valence-electron chi connectivity index (χ0n) is 8.37. The van der Waals surface area contributed by atoms with E-state index in [1.807, 2.05) is 12.1 Å². The highest BCUT2D eigenvalue weighted by Gasteiger charge is 1.99. The summed E-state index contributed by atoms with van der Waals surface area (Å²) in [7, 11) is 0. The third-order valence-electron chi connectivity index (χ3n) is 1.97. The second kappa shape index (κ2) is 4.93. The average Bonchev–Trinajstić information content (AvgIpc) is 2.18. The maximum absolute atomic E-state index is 5.14. The number of hydrogen-bond acceptors (Lipinski definition) is 2. The van der Waals surface area contributed by atoms with Gasteiger partial charge in [-0.1, -0.05) is 26.0 Å². The molecule has 0 aromatic heterocycles. The predicted molar refractivity (Wildman–Crippen MR) is 64.1 cm³/mol. The normalized spacial score (nSPS) is 10.0. The maximum Gasteiger partial charge on any atom is 0.185 e. The Morgan fingerprint density at radius 2 is 1.86 bits per heavy atom. The highest BCUT2D eigenvalue weighted by Crippen LogP contribution is 2.16. The Balaban J connectivity index is 2.69. The average molecular weight is 209 g/mol. The van der Waals surface area contributed by atoms with Crippen LogP contribution < -0.4 is 16.6 Å². The lowest BCUT2D eigenvalue weighted by Gasteiger charge is -2.09. The molecule has 0 fully saturated rings. The van der Waals surface area contributed by atoms with Crippen molar-refractivity contribution in [3.63, 3.8) is 0 Å². The molecule has 0 spiro atoms. The summed E-state index contributed by atoms with van der Waals surface area (Å²) in [5, 5.41) is 3.37. The van der Waals surface area contributed by atoms with Gasteiger partial charge in [-0.3, -0.25) is 0 Å². The molecule has 4 heteroatoms. The van der Waals surface area contributed by atoms with Gasteiger partial charge < -0.3 is 10.7 Å². The van der Waals surface area contributed by atoms with Gasteiger partial charge in [0.1, 0.15) is 0 Å².